The van der Waals surface area contributed by atoms with Crippen molar-refractivity contribution in [2.24, 2.45) is 0 Å². The summed E-state index contributed by atoms with van der Waals surface area (Å²) >= 11 is 0. The molecule has 0 spiro atoms. The van der Waals surface area contributed by atoms with Gasteiger partial charge in [0, 0.05) is 19.8 Å². The van der Waals surface area contributed by atoms with E-state index in [1.165, 1.54) is 25.1 Å². The molecule has 0 amide bonds. The second-order valence-corrected chi connectivity index (χ2v) is 13.9. The van der Waals surface area contributed by atoms with E-state index in [-0.39, 0.29) is 41.7 Å². The summed E-state index contributed by atoms with van der Waals surface area (Å²) in [5.74, 6) is -0.248. The van der Waals surface area contributed by atoms with Crippen molar-refractivity contribution in [3.8, 4) is 0 Å². The molecular formula is C22H36O5Si. The molecule has 3 aliphatic heterocycles. The number of carbonyl (C=O) groups excluding carboxylic acids is 1. The van der Waals surface area contributed by atoms with Crippen LogP contribution in [0.3, 0.4) is 0 Å². The summed E-state index contributed by atoms with van der Waals surface area (Å²) in [4.78, 5) is 11.2. The Morgan fingerprint density at radius 3 is 2.57 bits per heavy atom. The number of fused-ring (bicyclic) bond motifs is 2. The Balaban J connectivity index is 1.86. The predicted molar refractivity (Wildman–Crippen MR) is 112 cm³/mol. The molecule has 6 atom stereocenters. The van der Waals surface area contributed by atoms with Gasteiger partial charge in [0.15, 0.2) is 0 Å². The van der Waals surface area contributed by atoms with E-state index in [1.54, 1.807) is 0 Å². The number of esters is 1. The summed E-state index contributed by atoms with van der Waals surface area (Å²) < 4.78 is 24.7. The van der Waals surface area contributed by atoms with Crippen LogP contribution in [0.1, 0.15) is 47.0 Å². The van der Waals surface area contributed by atoms with Gasteiger partial charge >= 0.3 is 5.97 Å². The van der Waals surface area contributed by atoms with Gasteiger partial charge in [-0.15, -0.1) is 6.58 Å². The number of ether oxygens (including phenoxy) is 4. The zero-order valence-corrected chi connectivity index (χ0v) is 18.8. The van der Waals surface area contributed by atoms with E-state index in [2.05, 4.69) is 39.5 Å². The van der Waals surface area contributed by atoms with E-state index in [4.69, 9.17) is 18.9 Å². The quantitative estimate of drug-likeness (QED) is 0.248. The molecule has 0 N–H and O–H groups in total. The largest absolute Gasteiger partial charge is 0.466 e. The van der Waals surface area contributed by atoms with Gasteiger partial charge in [-0.3, -0.25) is 4.79 Å². The molecule has 158 valence electrons. The molecule has 5 nitrogen and oxygen atoms in total. The molecule has 0 aromatic heterocycles. The summed E-state index contributed by atoms with van der Waals surface area (Å²) in [5.41, 5.74) is 0. The van der Waals surface area contributed by atoms with Gasteiger partial charge in [0.1, 0.15) is 12.2 Å². The third-order valence-electron chi connectivity index (χ3n) is 7.18. The van der Waals surface area contributed by atoms with Gasteiger partial charge in [-0.2, -0.15) is 0 Å². The van der Waals surface area contributed by atoms with Crippen molar-refractivity contribution in [1.29, 1.82) is 0 Å². The summed E-state index contributed by atoms with van der Waals surface area (Å²) in [7, 11) is -1.65. The molecule has 0 aromatic carbocycles. The number of epoxide rings is 1. The van der Waals surface area contributed by atoms with Crippen molar-refractivity contribution in [2.45, 2.75) is 101 Å². The minimum Gasteiger partial charge on any atom is -0.466 e. The van der Waals surface area contributed by atoms with Crippen molar-refractivity contribution in [1.82, 2.24) is 0 Å². The number of hydrogen-bond acceptors (Lipinski definition) is 5. The maximum Gasteiger partial charge on any atom is 0.302 e. The van der Waals surface area contributed by atoms with Crippen LogP contribution in [-0.2, 0) is 23.7 Å². The van der Waals surface area contributed by atoms with Gasteiger partial charge in [0.2, 0.25) is 0 Å². The van der Waals surface area contributed by atoms with Crippen molar-refractivity contribution >= 4 is 14.0 Å². The molecule has 0 aliphatic carbocycles. The van der Waals surface area contributed by atoms with Crippen molar-refractivity contribution in [3.63, 3.8) is 0 Å². The first-order valence-electron chi connectivity index (χ1n) is 10.9. The van der Waals surface area contributed by atoms with Crippen molar-refractivity contribution < 1.29 is 23.7 Å². The van der Waals surface area contributed by atoms with Crippen molar-refractivity contribution in [3.05, 3.63) is 24.8 Å². The lowest BCUT2D eigenvalue weighted by Gasteiger charge is -2.38. The Hall–Kier alpha value is -0.953. The van der Waals surface area contributed by atoms with Crippen LogP contribution in [0.2, 0.25) is 18.1 Å². The van der Waals surface area contributed by atoms with Crippen LogP contribution in [0.25, 0.3) is 0 Å². The number of hydrogen-bond donors (Lipinski definition) is 0. The monoisotopic (exact) mass is 408 g/mol. The first-order chi connectivity index (χ1) is 13.4. The zero-order valence-electron chi connectivity index (χ0n) is 17.8. The summed E-state index contributed by atoms with van der Waals surface area (Å²) in [6.07, 6.45) is 8.60. The van der Waals surface area contributed by atoms with Crippen molar-refractivity contribution in [2.75, 3.05) is 6.61 Å². The van der Waals surface area contributed by atoms with Gasteiger partial charge < -0.3 is 18.9 Å². The van der Waals surface area contributed by atoms with Crippen LogP contribution in [0.15, 0.2) is 24.8 Å². The van der Waals surface area contributed by atoms with Crippen LogP contribution >= 0.6 is 0 Å². The second-order valence-electron chi connectivity index (χ2n) is 8.36. The molecule has 0 bridgehead atoms. The fourth-order valence-electron chi connectivity index (χ4n) is 5.43. The van der Waals surface area contributed by atoms with E-state index >= 15 is 0 Å². The van der Waals surface area contributed by atoms with Crippen LogP contribution in [0, 0.1) is 0 Å². The molecule has 0 aromatic rings. The maximum atomic E-state index is 11.2. The maximum absolute atomic E-state index is 11.2. The Kier molecular flexibility index (Phi) is 6.85. The molecule has 3 rings (SSSR count). The van der Waals surface area contributed by atoms with E-state index in [0.717, 1.165) is 12.8 Å². The fraction of sp³-hybridized carbons (Fsp3) is 0.773. The molecule has 28 heavy (non-hydrogen) atoms. The molecule has 0 saturated carbocycles. The molecule has 6 heteroatoms. The molecule has 0 radical (unpaired) electrons. The average Bonchev–Trinajstić information content (AvgIpc) is 3.40. The first-order valence-corrected chi connectivity index (χ1v) is 13.5. The Morgan fingerprint density at radius 2 is 1.96 bits per heavy atom. The number of carbonyl (C=O) groups is 1. The van der Waals surface area contributed by atoms with Gasteiger partial charge in [-0.1, -0.05) is 57.1 Å². The highest BCUT2D eigenvalue weighted by Crippen LogP contribution is 2.57. The van der Waals surface area contributed by atoms with E-state index < -0.39 is 8.07 Å². The molecule has 0 unspecified atom stereocenters. The fourth-order valence-corrected chi connectivity index (χ4v) is 10.5. The summed E-state index contributed by atoms with van der Waals surface area (Å²) in [6, 6.07) is 3.61. The standard InChI is InChI=1S/C22H36O5Si/c1-6-10-17-11-12-18-20(25-17)15-22(28(7-2,8-3)9-4)21(27-22)19(26-18)13-14-24-16(5)23/h6,11-12,17-21H,1,7-10,13-15H2,2-5H3/t17-,18+,19-,20-,21-,22-/m0/s1. The average molecular weight is 409 g/mol. The highest BCUT2D eigenvalue weighted by Gasteiger charge is 2.72. The lowest BCUT2D eigenvalue weighted by Crippen LogP contribution is -2.53. The SMILES string of the molecule is C=CC[C@H]1C=C[C@H]2O[C@@H](CCOC(C)=O)[C@@H]3O[C@]3([Si](CC)(CC)CC)C[C@@H]2O1. The minimum absolute atomic E-state index is 0.00944. The smallest absolute Gasteiger partial charge is 0.302 e. The Morgan fingerprint density at radius 1 is 1.25 bits per heavy atom. The Labute approximate surface area is 170 Å². The Bertz CT molecular complexity index is 593. The molecule has 2 saturated heterocycles. The van der Waals surface area contributed by atoms with E-state index in [0.29, 0.717) is 13.0 Å². The molecule has 2 fully saturated rings. The third kappa shape index (κ3) is 3.89. The third-order valence-corrected chi connectivity index (χ3v) is 13.6. The highest BCUT2D eigenvalue weighted by atomic mass is 28.3. The van der Waals surface area contributed by atoms with E-state index in [9.17, 15) is 4.79 Å². The van der Waals surface area contributed by atoms with Gasteiger partial charge in [-0.05, 0) is 6.42 Å². The van der Waals surface area contributed by atoms with E-state index in [1.807, 2.05) is 6.08 Å². The minimum atomic E-state index is -1.65. The van der Waals surface area contributed by atoms with Gasteiger partial charge in [0.25, 0.3) is 0 Å². The van der Waals surface area contributed by atoms with Gasteiger partial charge in [-0.25, -0.2) is 0 Å². The lowest BCUT2D eigenvalue weighted by atomic mass is 10.0. The molecular weight excluding hydrogens is 372 g/mol. The molecule has 3 heterocycles. The summed E-state index contributed by atoms with van der Waals surface area (Å²) in [5, 5.41) is -0.0878. The van der Waals surface area contributed by atoms with Crippen LogP contribution < -0.4 is 0 Å². The van der Waals surface area contributed by atoms with Crippen LogP contribution in [-0.4, -0.2) is 56.4 Å². The molecule has 3 aliphatic rings. The normalized spacial score (nSPS) is 36.8. The first kappa shape index (κ1) is 21.7. The lowest BCUT2D eigenvalue weighted by molar-refractivity contribution is -0.143. The topological polar surface area (TPSA) is 57.3 Å². The highest BCUT2D eigenvalue weighted by molar-refractivity contribution is 6.83. The zero-order chi connectivity index (χ0) is 20.4. The second kappa shape index (κ2) is 8.82. The number of rotatable bonds is 9. The van der Waals surface area contributed by atoms with Crippen LogP contribution in [0.5, 0.6) is 0 Å². The van der Waals surface area contributed by atoms with Crippen LogP contribution in [0.4, 0.5) is 0 Å². The summed E-state index contributed by atoms with van der Waals surface area (Å²) in [6.45, 7) is 12.6. The van der Waals surface area contributed by atoms with Gasteiger partial charge in [0.05, 0.1) is 38.2 Å². The predicted octanol–water partition coefficient (Wildman–Crippen LogP) is 4.18.